The highest BCUT2D eigenvalue weighted by Gasteiger charge is 2.11. The maximum Gasteiger partial charge on any atom is 0.212 e. The van der Waals surface area contributed by atoms with Crippen LogP contribution in [0.4, 0.5) is 5.82 Å². The van der Waals surface area contributed by atoms with Crippen molar-refractivity contribution in [2.75, 3.05) is 18.5 Å². The molecule has 0 aliphatic carbocycles. The molecule has 0 aromatic carbocycles. The van der Waals surface area contributed by atoms with E-state index in [0.717, 1.165) is 0 Å². The molecule has 6 nitrogen and oxygen atoms in total. The fourth-order valence-corrected chi connectivity index (χ4v) is 1.18. The van der Waals surface area contributed by atoms with Gasteiger partial charge in [0.25, 0.3) is 0 Å². The number of nitrogens with zero attached hydrogens (tertiary/aromatic N) is 1. The number of rotatable bonds is 8. The number of carbonyl (C=O) groups excluding carboxylic acids is 1. The van der Waals surface area contributed by atoms with E-state index in [9.17, 15) is 9.90 Å². The summed E-state index contributed by atoms with van der Waals surface area (Å²) < 4.78 is 10.5. The second kappa shape index (κ2) is 6.93. The van der Waals surface area contributed by atoms with E-state index >= 15 is 0 Å². The Hall–Kier alpha value is -1.66. The largest absolute Gasteiger partial charge is 0.492 e. The molecule has 0 fully saturated rings. The van der Waals surface area contributed by atoms with Gasteiger partial charge in [0, 0.05) is 6.42 Å². The molecule has 1 amide bonds. The first-order valence-corrected chi connectivity index (χ1v) is 5.66. The van der Waals surface area contributed by atoms with Gasteiger partial charge in [0.05, 0.1) is 19.4 Å². The van der Waals surface area contributed by atoms with Gasteiger partial charge in [-0.25, -0.2) is 4.98 Å². The fourth-order valence-electron chi connectivity index (χ4n) is 1.18. The molecule has 0 aliphatic heterocycles. The van der Waals surface area contributed by atoms with E-state index in [0.29, 0.717) is 37.6 Å². The van der Waals surface area contributed by atoms with Crippen LogP contribution in [-0.2, 0) is 9.53 Å². The molecule has 0 spiro atoms. The molecule has 0 saturated heterocycles. The van der Waals surface area contributed by atoms with Gasteiger partial charge >= 0.3 is 0 Å². The van der Waals surface area contributed by atoms with Crippen LogP contribution in [0.15, 0.2) is 18.3 Å². The molecular weight excluding hydrogens is 236 g/mol. The first kappa shape index (κ1) is 14.4. The maximum atomic E-state index is 10.2. The Bertz CT molecular complexity index is 359. The minimum Gasteiger partial charge on any atom is -0.492 e. The predicted molar refractivity (Wildman–Crippen MR) is 66.3 cm³/mol. The number of hydrogen-bond donors (Lipinski definition) is 2. The summed E-state index contributed by atoms with van der Waals surface area (Å²) in [7, 11) is 0. The Kier molecular flexibility index (Phi) is 5.54. The van der Waals surface area contributed by atoms with E-state index < -0.39 is 5.79 Å². The van der Waals surface area contributed by atoms with E-state index in [1.54, 1.807) is 26.0 Å². The number of nitrogens with one attached hydrogen (secondary N) is 1. The summed E-state index contributed by atoms with van der Waals surface area (Å²) in [5, 5.41) is 11.7. The van der Waals surface area contributed by atoms with Crippen molar-refractivity contribution in [3.8, 4) is 5.75 Å². The normalized spacial score (nSPS) is 11.1. The zero-order chi connectivity index (χ0) is 13.4. The molecule has 0 aliphatic rings. The van der Waals surface area contributed by atoms with Gasteiger partial charge in [0.15, 0.2) is 5.79 Å². The molecule has 0 atom stereocenters. The Balaban J connectivity index is 2.21. The second-order valence-electron chi connectivity index (χ2n) is 4.14. The van der Waals surface area contributed by atoms with Gasteiger partial charge in [-0.2, -0.15) is 0 Å². The molecule has 2 N–H and O–H groups in total. The number of aromatic nitrogens is 1. The Morgan fingerprint density at radius 3 is 2.78 bits per heavy atom. The molecular formula is C12H18N2O4. The third-order valence-corrected chi connectivity index (χ3v) is 1.96. The summed E-state index contributed by atoms with van der Waals surface area (Å²) in [6.45, 7) is 4.05. The smallest absolute Gasteiger partial charge is 0.212 e. The molecule has 0 bridgehead atoms. The zero-order valence-corrected chi connectivity index (χ0v) is 10.5. The minimum absolute atomic E-state index is 0.418. The lowest BCUT2D eigenvalue weighted by Crippen LogP contribution is -2.24. The summed E-state index contributed by atoms with van der Waals surface area (Å²) in [6.07, 6.45) is 2.76. The molecule has 0 unspecified atom stereocenters. The molecule has 1 aromatic rings. The van der Waals surface area contributed by atoms with E-state index in [1.807, 2.05) is 0 Å². The molecule has 1 rings (SSSR count). The van der Waals surface area contributed by atoms with Crippen molar-refractivity contribution in [1.82, 2.24) is 4.98 Å². The lowest BCUT2D eigenvalue weighted by molar-refractivity contribution is -0.176. The quantitative estimate of drug-likeness (QED) is 0.413. The first-order valence-electron chi connectivity index (χ1n) is 5.66. The fraction of sp³-hybridized carbons (Fsp3) is 0.500. The van der Waals surface area contributed by atoms with Gasteiger partial charge in [0.1, 0.15) is 11.6 Å². The van der Waals surface area contributed by atoms with Crippen LogP contribution in [0.3, 0.4) is 0 Å². The number of ether oxygens (including phenoxy) is 2. The minimum atomic E-state index is -1.11. The van der Waals surface area contributed by atoms with Crippen LogP contribution in [0, 0.1) is 0 Å². The standard InChI is InChI=1S/C12H18N2O4/c1-12(2,16)18-7-3-6-17-10-4-5-11(13-8-10)14-9-15/h4-5,8-9,16H,3,6-7H2,1-2H3,(H,13,14,15). The van der Waals surface area contributed by atoms with Crippen molar-refractivity contribution in [3.63, 3.8) is 0 Å². The molecule has 18 heavy (non-hydrogen) atoms. The van der Waals surface area contributed by atoms with Crippen LogP contribution in [0.5, 0.6) is 5.75 Å². The van der Waals surface area contributed by atoms with Crippen LogP contribution >= 0.6 is 0 Å². The molecule has 0 radical (unpaired) electrons. The summed E-state index contributed by atoms with van der Waals surface area (Å²) >= 11 is 0. The van der Waals surface area contributed by atoms with Gasteiger partial charge in [-0.1, -0.05) is 0 Å². The predicted octanol–water partition coefficient (Wildman–Crippen LogP) is 1.16. The van der Waals surface area contributed by atoms with Crippen LogP contribution in [-0.4, -0.2) is 35.5 Å². The van der Waals surface area contributed by atoms with Gasteiger partial charge in [-0.05, 0) is 26.0 Å². The monoisotopic (exact) mass is 254 g/mol. The van der Waals surface area contributed by atoms with E-state index in [-0.39, 0.29) is 0 Å². The van der Waals surface area contributed by atoms with Crippen molar-refractivity contribution in [2.45, 2.75) is 26.1 Å². The summed E-state index contributed by atoms with van der Waals surface area (Å²) in [6, 6.07) is 3.37. The summed E-state index contributed by atoms with van der Waals surface area (Å²) in [5.74, 6) is -0.0126. The maximum absolute atomic E-state index is 10.2. The zero-order valence-electron chi connectivity index (χ0n) is 10.5. The van der Waals surface area contributed by atoms with Gasteiger partial charge in [0.2, 0.25) is 6.41 Å². The highest BCUT2D eigenvalue weighted by atomic mass is 16.6. The molecule has 100 valence electrons. The van der Waals surface area contributed by atoms with Crippen LogP contribution in [0.1, 0.15) is 20.3 Å². The van der Waals surface area contributed by atoms with Crippen LogP contribution in [0.2, 0.25) is 0 Å². The lowest BCUT2D eigenvalue weighted by Gasteiger charge is -2.17. The van der Waals surface area contributed by atoms with Crippen molar-refractivity contribution >= 4 is 12.2 Å². The SMILES string of the molecule is CC(C)(O)OCCCOc1ccc(NC=O)nc1. The number of aliphatic hydroxyl groups is 1. The lowest BCUT2D eigenvalue weighted by atomic mass is 10.4. The number of amides is 1. The van der Waals surface area contributed by atoms with E-state index in [4.69, 9.17) is 9.47 Å². The Morgan fingerprint density at radius 1 is 1.44 bits per heavy atom. The summed E-state index contributed by atoms with van der Waals surface area (Å²) in [4.78, 5) is 14.1. The first-order chi connectivity index (χ1) is 8.51. The topological polar surface area (TPSA) is 80.7 Å². The van der Waals surface area contributed by atoms with Crippen LogP contribution in [0.25, 0.3) is 0 Å². The highest BCUT2D eigenvalue weighted by Crippen LogP contribution is 2.12. The number of pyridine rings is 1. The number of anilines is 1. The molecule has 1 aromatic heterocycles. The number of carbonyl (C=O) groups is 1. The van der Waals surface area contributed by atoms with Crippen molar-refractivity contribution < 1.29 is 19.4 Å². The van der Waals surface area contributed by atoms with Crippen molar-refractivity contribution in [1.29, 1.82) is 0 Å². The van der Waals surface area contributed by atoms with Gasteiger partial charge in [-0.3, -0.25) is 4.79 Å². The van der Waals surface area contributed by atoms with E-state index in [1.165, 1.54) is 6.20 Å². The van der Waals surface area contributed by atoms with E-state index in [2.05, 4.69) is 10.3 Å². The van der Waals surface area contributed by atoms with Gasteiger partial charge < -0.3 is 19.9 Å². The third kappa shape index (κ3) is 6.17. The number of hydrogen-bond acceptors (Lipinski definition) is 5. The molecule has 6 heteroatoms. The average molecular weight is 254 g/mol. The molecule has 0 saturated carbocycles. The average Bonchev–Trinajstić information content (AvgIpc) is 2.30. The molecule has 1 heterocycles. The Morgan fingerprint density at radius 2 is 2.22 bits per heavy atom. The Labute approximate surface area is 106 Å². The van der Waals surface area contributed by atoms with Gasteiger partial charge in [-0.15, -0.1) is 0 Å². The second-order valence-corrected chi connectivity index (χ2v) is 4.14. The highest BCUT2D eigenvalue weighted by molar-refractivity contribution is 5.68. The van der Waals surface area contributed by atoms with Crippen LogP contribution < -0.4 is 10.1 Å². The third-order valence-electron chi connectivity index (χ3n) is 1.96. The van der Waals surface area contributed by atoms with Crippen molar-refractivity contribution in [3.05, 3.63) is 18.3 Å². The van der Waals surface area contributed by atoms with Crippen molar-refractivity contribution in [2.24, 2.45) is 0 Å². The summed E-state index contributed by atoms with van der Waals surface area (Å²) in [5.41, 5.74) is 0.